The molecule has 0 unspecified atom stereocenters. The van der Waals surface area contributed by atoms with Crippen LogP contribution in [0, 0.1) is 0 Å². The number of nitrogens with one attached hydrogen (secondary N) is 2. The smallest absolute Gasteiger partial charge is 0.329 e. The summed E-state index contributed by atoms with van der Waals surface area (Å²) < 4.78 is 6.29. The number of H-pyrrole nitrogens is 1. The summed E-state index contributed by atoms with van der Waals surface area (Å²) in [6, 6.07) is 11.9. The van der Waals surface area contributed by atoms with E-state index in [0.29, 0.717) is 28.8 Å². The zero-order valence-corrected chi connectivity index (χ0v) is 18.8. The molecule has 3 aromatic rings. The van der Waals surface area contributed by atoms with E-state index >= 15 is 0 Å². The molecule has 0 aliphatic heterocycles. The SMILES string of the molecule is CCN(CC)CCCNC(=O)c1ccc2c(=O)n(Cc3ccc(OC)cc3)c(=O)[nH]c2c1. The maximum absolute atomic E-state index is 12.9. The van der Waals surface area contributed by atoms with E-state index in [-0.39, 0.29) is 12.5 Å². The molecule has 1 heterocycles. The largest absolute Gasteiger partial charge is 0.497 e. The Morgan fingerprint density at radius 3 is 2.47 bits per heavy atom. The van der Waals surface area contributed by atoms with Crippen LogP contribution in [0.1, 0.15) is 36.2 Å². The van der Waals surface area contributed by atoms with Gasteiger partial charge in [0.05, 0.1) is 24.6 Å². The lowest BCUT2D eigenvalue weighted by Crippen LogP contribution is -2.35. The van der Waals surface area contributed by atoms with E-state index in [0.717, 1.165) is 36.2 Å². The van der Waals surface area contributed by atoms with Crippen molar-refractivity contribution in [2.24, 2.45) is 0 Å². The van der Waals surface area contributed by atoms with Crippen LogP contribution in [0.5, 0.6) is 5.75 Å². The quantitative estimate of drug-likeness (QED) is 0.473. The van der Waals surface area contributed by atoms with Crippen LogP contribution in [0.4, 0.5) is 0 Å². The van der Waals surface area contributed by atoms with Gasteiger partial charge in [0.2, 0.25) is 0 Å². The summed E-state index contributed by atoms with van der Waals surface area (Å²) in [6.07, 6.45) is 0.855. The van der Waals surface area contributed by atoms with E-state index in [1.807, 2.05) is 12.1 Å². The van der Waals surface area contributed by atoms with Gasteiger partial charge >= 0.3 is 5.69 Å². The summed E-state index contributed by atoms with van der Waals surface area (Å²) in [6.45, 7) is 7.82. The third-order valence-corrected chi connectivity index (χ3v) is 5.57. The van der Waals surface area contributed by atoms with Crippen molar-refractivity contribution >= 4 is 16.8 Å². The molecule has 32 heavy (non-hydrogen) atoms. The fourth-order valence-corrected chi connectivity index (χ4v) is 3.60. The molecule has 0 atom stereocenters. The van der Waals surface area contributed by atoms with Crippen molar-refractivity contribution in [3.8, 4) is 5.75 Å². The molecule has 0 saturated heterocycles. The number of benzene rings is 2. The van der Waals surface area contributed by atoms with E-state index in [9.17, 15) is 14.4 Å². The van der Waals surface area contributed by atoms with Crippen LogP contribution >= 0.6 is 0 Å². The molecular weight excluding hydrogens is 408 g/mol. The molecule has 8 heteroatoms. The number of nitrogens with zero attached hydrogens (tertiary/aromatic N) is 2. The number of aromatic nitrogens is 2. The highest BCUT2D eigenvalue weighted by Crippen LogP contribution is 2.13. The lowest BCUT2D eigenvalue weighted by Gasteiger charge is -2.17. The molecule has 0 radical (unpaired) electrons. The molecule has 0 aliphatic rings. The number of hydrogen-bond acceptors (Lipinski definition) is 5. The van der Waals surface area contributed by atoms with E-state index in [1.54, 1.807) is 37.4 Å². The highest BCUT2D eigenvalue weighted by atomic mass is 16.5. The number of hydrogen-bond donors (Lipinski definition) is 2. The highest BCUT2D eigenvalue weighted by Gasteiger charge is 2.12. The lowest BCUT2D eigenvalue weighted by molar-refractivity contribution is 0.0952. The van der Waals surface area contributed by atoms with Gasteiger partial charge in [0, 0.05) is 12.1 Å². The van der Waals surface area contributed by atoms with Gasteiger partial charge in [-0.15, -0.1) is 0 Å². The van der Waals surface area contributed by atoms with Crippen molar-refractivity contribution in [2.75, 3.05) is 33.3 Å². The van der Waals surface area contributed by atoms with Crippen LogP contribution < -0.4 is 21.3 Å². The Labute approximate surface area is 186 Å². The van der Waals surface area contributed by atoms with Crippen molar-refractivity contribution in [2.45, 2.75) is 26.8 Å². The van der Waals surface area contributed by atoms with Crippen molar-refractivity contribution in [3.63, 3.8) is 0 Å². The van der Waals surface area contributed by atoms with Crippen LogP contribution in [-0.4, -0.2) is 53.6 Å². The first-order valence-corrected chi connectivity index (χ1v) is 10.9. The van der Waals surface area contributed by atoms with Crippen LogP contribution in [0.15, 0.2) is 52.1 Å². The number of ether oxygens (including phenoxy) is 1. The molecule has 0 aliphatic carbocycles. The molecule has 0 saturated carbocycles. The molecule has 2 aromatic carbocycles. The zero-order chi connectivity index (χ0) is 23.1. The number of rotatable bonds is 10. The number of fused-ring (bicyclic) bond motifs is 1. The minimum atomic E-state index is -0.518. The first kappa shape index (κ1) is 23.3. The van der Waals surface area contributed by atoms with Crippen LogP contribution in [0.2, 0.25) is 0 Å². The van der Waals surface area contributed by atoms with Crippen LogP contribution in [0.3, 0.4) is 0 Å². The molecular formula is C24H30N4O4. The summed E-state index contributed by atoms with van der Waals surface area (Å²) in [5.41, 5.74) is 0.643. The van der Waals surface area contributed by atoms with Gasteiger partial charge in [-0.1, -0.05) is 26.0 Å². The number of carbonyl (C=O) groups is 1. The lowest BCUT2D eigenvalue weighted by atomic mass is 10.1. The molecule has 2 N–H and O–H groups in total. The van der Waals surface area contributed by atoms with Gasteiger partial charge in [0.1, 0.15) is 5.75 Å². The number of carbonyl (C=O) groups excluding carboxylic acids is 1. The van der Waals surface area contributed by atoms with Crippen LogP contribution in [0.25, 0.3) is 10.9 Å². The van der Waals surface area contributed by atoms with Gasteiger partial charge in [-0.2, -0.15) is 0 Å². The average Bonchev–Trinajstić information content (AvgIpc) is 2.81. The van der Waals surface area contributed by atoms with Crippen molar-refractivity contribution < 1.29 is 9.53 Å². The maximum Gasteiger partial charge on any atom is 0.329 e. The van der Waals surface area contributed by atoms with Gasteiger partial charge in [-0.05, 0) is 62.0 Å². The molecule has 1 amide bonds. The minimum absolute atomic E-state index is 0.142. The van der Waals surface area contributed by atoms with Gasteiger partial charge in [0.25, 0.3) is 11.5 Å². The summed E-state index contributed by atoms with van der Waals surface area (Å²) in [5.74, 6) is 0.474. The minimum Gasteiger partial charge on any atom is -0.497 e. The average molecular weight is 439 g/mol. The second kappa shape index (κ2) is 10.8. The fourth-order valence-electron chi connectivity index (χ4n) is 3.60. The number of methoxy groups -OCH3 is 1. The highest BCUT2D eigenvalue weighted by molar-refractivity contribution is 5.97. The maximum atomic E-state index is 12.9. The Hall–Kier alpha value is -3.39. The summed E-state index contributed by atoms with van der Waals surface area (Å²) >= 11 is 0. The standard InChI is InChI=1S/C24H30N4O4/c1-4-27(5-2)14-6-13-25-22(29)18-9-12-20-21(15-18)26-24(31)28(23(20)30)16-17-7-10-19(32-3)11-8-17/h7-12,15H,4-6,13-14,16H2,1-3H3,(H,25,29)(H,26,31). The first-order chi connectivity index (χ1) is 15.5. The summed E-state index contributed by atoms with van der Waals surface area (Å²) in [7, 11) is 1.58. The normalized spacial score (nSPS) is 11.1. The summed E-state index contributed by atoms with van der Waals surface area (Å²) in [5, 5.41) is 3.26. The number of amides is 1. The Morgan fingerprint density at radius 1 is 1.09 bits per heavy atom. The van der Waals surface area contributed by atoms with Crippen molar-refractivity contribution in [3.05, 3.63) is 74.4 Å². The predicted molar refractivity (Wildman–Crippen MR) is 126 cm³/mol. The monoisotopic (exact) mass is 438 g/mol. The Kier molecular flexibility index (Phi) is 7.83. The second-order valence-corrected chi connectivity index (χ2v) is 7.57. The molecule has 8 nitrogen and oxygen atoms in total. The predicted octanol–water partition coefficient (Wildman–Crippen LogP) is 2.21. The van der Waals surface area contributed by atoms with Crippen LogP contribution in [-0.2, 0) is 6.54 Å². The van der Waals surface area contributed by atoms with E-state index in [1.165, 1.54) is 0 Å². The van der Waals surface area contributed by atoms with Crippen molar-refractivity contribution in [1.82, 2.24) is 19.8 Å². The van der Waals surface area contributed by atoms with E-state index < -0.39 is 11.2 Å². The molecule has 0 bridgehead atoms. The topological polar surface area (TPSA) is 96.4 Å². The van der Waals surface area contributed by atoms with Gasteiger partial charge in [-0.3, -0.25) is 14.2 Å². The van der Waals surface area contributed by atoms with Gasteiger partial charge in [-0.25, -0.2) is 4.79 Å². The van der Waals surface area contributed by atoms with Crippen molar-refractivity contribution in [1.29, 1.82) is 0 Å². The fraction of sp³-hybridized carbons (Fsp3) is 0.375. The Morgan fingerprint density at radius 2 is 1.81 bits per heavy atom. The first-order valence-electron chi connectivity index (χ1n) is 10.9. The third kappa shape index (κ3) is 5.45. The zero-order valence-electron chi connectivity index (χ0n) is 18.8. The van der Waals surface area contributed by atoms with E-state index in [4.69, 9.17) is 4.74 Å². The van der Waals surface area contributed by atoms with Gasteiger partial charge in [0.15, 0.2) is 0 Å². The molecule has 0 fully saturated rings. The number of aromatic amines is 1. The Balaban J connectivity index is 1.75. The van der Waals surface area contributed by atoms with Gasteiger partial charge < -0.3 is 19.9 Å². The third-order valence-electron chi connectivity index (χ3n) is 5.57. The molecule has 1 aromatic heterocycles. The molecule has 3 rings (SSSR count). The molecule has 0 spiro atoms. The summed E-state index contributed by atoms with van der Waals surface area (Å²) in [4.78, 5) is 43.0. The molecule has 170 valence electrons. The van der Waals surface area contributed by atoms with E-state index in [2.05, 4.69) is 29.0 Å². The second-order valence-electron chi connectivity index (χ2n) is 7.57. The Bertz CT molecular complexity index is 1180.